The Morgan fingerprint density at radius 1 is 0.295 bits per heavy atom. The predicted molar refractivity (Wildman–Crippen MR) is 284 cm³/mol. The highest BCUT2D eigenvalue weighted by Crippen LogP contribution is 2.36. The molecule has 4 aromatic carbocycles. The van der Waals surface area contributed by atoms with E-state index in [1.54, 1.807) is 0 Å². The largest absolute Gasteiger partial charge is 0.399 e. The highest BCUT2D eigenvalue weighted by Gasteiger charge is 2.24. The fraction of sp³-hybridized carbons (Fsp3) is 0.593. The van der Waals surface area contributed by atoms with Crippen LogP contribution in [0.25, 0.3) is 0 Å². The molecule has 0 aliphatic rings. The number of rotatable bonds is 2. The van der Waals surface area contributed by atoms with E-state index >= 15 is 0 Å². The lowest BCUT2D eigenvalue weighted by atomic mass is 9.77. The smallest absolute Gasteiger partial charge is 0.0319 e. The van der Waals surface area contributed by atoms with Gasteiger partial charge in [0.2, 0.25) is 0 Å². The summed E-state index contributed by atoms with van der Waals surface area (Å²) in [6, 6.07) is 27.7. The van der Waals surface area contributed by atoms with Gasteiger partial charge in [0.1, 0.15) is 0 Å². The van der Waals surface area contributed by atoms with Crippen molar-refractivity contribution in [3.8, 4) is 0 Å². The molecule has 0 aliphatic heterocycles. The van der Waals surface area contributed by atoms with Gasteiger partial charge in [0.15, 0.2) is 0 Å². The molecule has 0 amide bonds. The molecule has 1 nitrogen and oxygen atoms in total. The minimum Gasteiger partial charge on any atom is -0.399 e. The Bertz CT molecular complexity index is 1730. The number of nitrogens with two attached hydrogens (primary N) is 1. The second-order valence-corrected chi connectivity index (χ2v) is 26.5. The number of hydrogen-bond acceptors (Lipinski definition) is 1. The van der Waals surface area contributed by atoms with Crippen LogP contribution in [0.2, 0.25) is 0 Å². The van der Waals surface area contributed by atoms with Crippen LogP contribution in [0.1, 0.15) is 237 Å². The molecule has 2 heteroatoms. The Kier molecular flexibility index (Phi) is 19.4. The van der Waals surface area contributed by atoms with Gasteiger partial charge in [-0.05, 0) is 130 Å². The van der Waals surface area contributed by atoms with E-state index in [-0.39, 0.29) is 58.2 Å². The van der Waals surface area contributed by atoms with Crippen LogP contribution in [-0.2, 0) is 49.7 Å². The first-order valence-corrected chi connectivity index (χ1v) is 22.9. The molecule has 0 saturated heterocycles. The average Bonchev–Trinajstić information content (AvgIpc) is 3.01. The van der Waals surface area contributed by atoms with Crippen molar-refractivity contribution in [3.63, 3.8) is 0 Å². The van der Waals surface area contributed by atoms with Crippen molar-refractivity contribution in [3.05, 3.63) is 133 Å². The standard InChI is InChI=1S/C29H44.C14H21Br.C14H23N.2CH4/c1-26(2,3)22-14-20(15-23(18-22)27(4,5)6)13-21-16-24(28(7,8)9)19-25(17-21)29(10,11)12;2*1-13(2,3)10-7-11(14(4,5)6)9-12(15)8-10;;/h14-19H,13H2,1-12H3;7-9H,1-6H3;7-9H,15H2,1-6H3;2*1H4. The van der Waals surface area contributed by atoms with E-state index in [1.807, 2.05) is 0 Å². The van der Waals surface area contributed by atoms with Crippen LogP contribution in [0, 0.1) is 0 Å². The van der Waals surface area contributed by atoms with Gasteiger partial charge in [-0.3, -0.25) is 0 Å². The first kappa shape index (κ1) is 58.2. The molecule has 0 spiro atoms. The molecule has 2 N–H and O–H groups in total. The highest BCUT2D eigenvalue weighted by molar-refractivity contribution is 9.10. The van der Waals surface area contributed by atoms with Crippen molar-refractivity contribution >= 4 is 21.6 Å². The van der Waals surface area contributed by atoms with Gasteiger partial charge in [0.05, 0.1) is 0 Å². The Balaban J connectivity index is 0.000000954. The van der Waals surface area contributed by atoms with Gasteiger partial charge in [-0.1, -0.05) is 245 Å². The first-order valence-electron chi connectivity index (χ1n) is 22.1. The van der Waals surface area contributed by atoms with Crippen molar-refractivity contribution in [1.82, 2.24) is 0 Å². The summed E-state index contributed by atoms with van der Waals surface area (Å²) in [6.07, 6.45) is 0.986. The number of nitrogen functional groups attached to an aromatic ring is 1. The molecular weight excluding hydrogens is 803 g/mol. The van der Waals surface area contributed by atoms with Crippen LogP contribution >= 0.6 is 15.9 Å². The highest BCUT2D eigenvalue weighted by atomic mass is 79.9. The zero-order chi connectivity index (χ0) is 46.1. The Morgan fingerprint density at radius 3 is 0.639 bits per heavy atom. The maximum absolute atomic E-state index is 5.95. The van der Waals surface area contributed by atoms with Gasteiger partial charge in [0.25, 0.3) is 0 Å². The van der Waals surface area contributed by atoms with Gasteiger partial charge in [-0.25, -0.2) is 0 Å². The average molecular weight is 899 g/mol. The third kappa shape index (κ3) is 18.4. The fourth-order valence-corrected chi connectivity index (χ4v) is 7.02. The molecule has 344 valence electrons. The van der Waals surface area contributed by atoms with Gasteiger partial charge in [0, 0.05) is 10.2 Å². The number of benzene rings is 4. The lowest BCUT2D eigenvalue weighted by Gasteiger charge is -2.27. The Morgan fingerprint density at radius 2 is 0.459 bits per heavy atom. The van der Waals surface area contributed by atoms with Gasteiger partial charge in [-0.15, -0.1) is 0 Å². The predicted octanol–water partition coefficient (Wildman–Crippen LogP) is 18.6. The molecule has 0 saturated carbocycles. The molecular formula is C59H96BrN. The molecule has 4 aromatic rings. The molecule has 61 heavy (non-hydrogen) atoms. The lowest BCUT2D eigenvalue weighted by Crippen LogP contribution is -2.18. The van der Waals surface area contributed by atoms with Gasteiger partial charge < -0.3 is 5.73 Å². The summed E-state index contributed by atoms with van der Waals surface area (Å²) >= 11 is 3.60. The second kappa shape index (κ2) is 20.3. The Hall–Kier alpha value is -2.84. The third-order valence-corrected chi connectivity index (χ3v) is 11.6. The summed E-state index contributed by atoms with van der Waals surface area (Å²) in [5.74, 6) is 0. The van der Waals surface area contributed by atoms with E-state index in [0.29, 0.717) is 0 Å². The molecule has 0 heterocycles. The fourth-order valence-electron chi connectivity index (χ4n) is 6.53. The normalized spacial score (nSPS) is 12.9. The van der Waals surface area contributed by atoms with Crippen LogP contribution < -0.4 is 5.73 Å². The molecule has 0 aliphatic carbocycles. The molecule has 0 atom stereocenters. The lowest BCUT2D eigenvalue weighted by molar-refractivity contribution is 0.565. The van der Waals surface area contributed by atoms with Crippen molar-refractivity contribution in [2.75, 3.05) is 5.73 Å². The van der Waals surface area contributed by atoms with E-state index in [9.17, 15) is 0 Å². The number of anilines is 1. The van der Waals surface area contributed by atoms with Gasteiger partial charge >= 0.3 is 0 Å². The topological polar surface area (TPSA) is 26.0 Å². The molecule has 0 unspecified atom stereocenters. The van der Waals surface area contributed by atoms with Crippen LogP contribution in [0.3, 0.4) is 0 Å². The maximum Gasteiger partial charge on any atom is 0.0319 e. The van der Waals surface area contributed by atoms with E-state index in [2.05, 4.69) is 255 Å². The minimum absolute atomic E-state index is 0. The van der Waals surface area contributed by atoms with Crippen LogP contribution in [-0.4, -0.2) is 0 Å². The summed E-state index contributed by atoms with van der Waals surface area (Å²) in [5, 5.41) is 0. The van der Waals surface area contributed by atoms with Gasteiger partial charge in [-0.2, -0.15) is 0 Å². The molecule has 4 rings (SSSR count). The number of halogens is 1. The van der Waals surface area contributed by atoms with Crippen LogP contribution in [0.15, 0.2) is 77.3 Å². The molecule has 0 bridgehead atoms. The zero-order valence-electron chi connectivity index (χ0n) is 42.6. The van der Waals surface area contributed by atoms with Crippen LogP contribution in [0.4, 0.5) is 5.69 Å². The summed E-state index contributed by atoms with van der Waals surface area (Å²) in [5.41, 5.74) is 22.2. The number of hydrogen-bond donors (Lipinski definition) is 1. The molecule has 0 aromatic heterocycles. The van der Waals surface area contributed by atoms with Crippen molar-refractivity contribution in [1.29, 1.82) is 0 Å². The third-order valence-electron chi connectivity index (χ3n) is 11.2. The zero-order valence-corrected chi connectivity index (χ0v) is 44.2. The summed E-state index contributed by atoms with van der Waals surface area (Å²) < 4.78 is 1.18. The Labute approximate surface area is 389 Å². The van der Waals surface area contributed by atoms with E-state index < -0.39 is 0 Å². The first-order chi connectivity index (χ1) is 26.1. The monoisotopic (exact) mass is 898 g/mol. The van der Waals surface area contributed by atoms with E-state index in [4.69, 9.17) is 5.73 Å². The quantitative estimate of drug-likeness (QED) is 0.199. The van der Waals surface area contributed by atoms with Crippen molar-refractivity contribution in [2.24, 2.45) is 0 Å². The summed E-state index contributed by atoms with van der Waals surface area (Å²) in [4.78, 5) is 0. The minimum atomic E-state index is 0. The SMILES string of the molecule is C.C.CC(C)(C)c1cc(Br)cc(C(C)(C)C)c1.CC(C)(C)c1cc(Cc2cc(C(C)(C)C)cc(C(C)(C)C)c2)cc(C(C)(C)C)c1.CC(C)(C)c1cc(N)cc(C(C)(C)C)c1. The second-order valence-electron chi connectivity index (χ2n) is 25.6. The van der Waals surface area contributed by atoms with Crippen molar-refractivity contribution < 1.29 is 0 Å². The summed E-state index contributed by atoms with van der Waals surface area (Å²) in [6.45, 7) is 54.6. The molecule has 0 radical (unpaired) electrons. The summed E-state index contributed by atoms with van der Waals surface area (Å²) in [7, 11) is 0. The van der Waals surface area contributed by atoms with E-state index in [1.165, 1.54) is 60.1 Å². The van der Waals surface area contributed by atoms with E-state index in [0.717, 1.165) is 12.1 Å². The van der Waals surface area contributed by atoms with Crippen molar-refractivity contribution in [2.45, 2.75) is 231 Å². The maximum atomic E-state index is 5.95. The molecule has 0 fully saturated rings. The van der Waals surface area contributed by atoms with Crippen LogP contribution in [0.5, 0.6) is 0 Å².